The topological polar surface area (TPSA) is 140 Å². The molecule has 3 heterocycles. The molecule has 3 atom stereocenters. The van der Waals surface area contributed by atoms with Crippen LogP contribution < -0.4 is 16.0 Å². The first-order valence-corrected chi connectivity index (χ1v) is 12.6. The van der Waals surface area contributed by atoms with Crippen molar-refractivity contribution < 1.29 is 32.3 Å². The number of thioether (sulfide) groups is 1. The molecule has 0 aliphatic carbocycles. The molecule has 0 saturated carbocycles. The van der Waals surface area contributed by atoms with Gasteiger partial charge in [0.15, 0.2) is 5.92 Å². The van der Waals surface area contributed by atoms with Gasteiger partial charge in [0.05, 0.1) is 25.8 Å². The summed E-state index contributed by atoms with van der Waals surface area (Å²) < 4.78 is 42.7. The molecule has 15 heteroatoms. The minimum absolute atomic E-state index is 0.0942. The van der Waals surface area contributed by atoms with E-state index >= 15 is 0 Å². The van der Waals surface area contributed by atoms with Gasteiger partial charge in [-0.25, -0.2) is 4.98 Å². The molecular weight excluding hydrogens is 515 g/mol. The van der Waals surface area contributed by atoms with Gasteiger partial charge in [-0.05, 0) is 19.1 Å². The van der Waals surface area contributed by atoms with Crippen LogP contribution in [0.1, 0.15) is 6.92 Å². The number of pyridine rings is 1. The number of halogens is 3. The number of nitriles is 1. The zero-order chi connectivity index (χ0) is 27.0. The minimum Gasteiger partial charge on any atom is -0.379 e. The number of hydrogen-bond acceptors (Lipinski definition) is 9. The highest BCUT2D eigenvalue weighted by Crippen LogP contribution is 2.36. The third kappa shape index (κ3) is 8.20. The van der Waals surface area contributed by atoms with Crippen LogP contribution in [0.15, 0.2) is 18.2 Å². The van der Waals surface area contributed by atoms with Crippen molar-refractivity contribution in [1.82, 2.24) is 20.1 Å². The van der Waals surface area contributed by atoms with E-state index in [1.165, 1.54) is 4.90 Å². The minimum atomic E-state index is -4.62. The Bertz CT molecular complexity index is 1020. The molecule has 2 saturated heterocycles. The van der Waals surface area contributed by atoms with Crippen molar-refractivity contribution in [2.24, 2.45) is 5.92 Å². The summed E-state index contributed by atoms with van der Waals surface area (Å²) in [5, 5.41) is 15.3. The van der Waals surface area contributed by atoms with Gasteiger partial charge in [0.1, 0.15) is 28.8 Å². The van der Waals surface area contributed by atoms with Crippen molar-refractivity contribution in [2.45, 2.75) is 23.7 Å². The number of carbonyl (C=O) groups is 3. The molecule has 0 radical (unpaired) electrons. The van der Waals surface area contributed by atoms with Gasteiger partial charge < -0.3 is 25.6 Å². The highest BCUT2D eigenvalue weighted by atomic mass is 32.2. The zero-order valence-electron chi connectivity index (χ0n) is 20.1. The monoisotopic (exact) mass is 543 g/mol. The van der Waals surface area contributed by atoms with Gasteiger partial charge in [-0.3, -0.25) is 19.3 Å². The van der Waals surface area contributed by atoms with Crippen molar-refractivity contribution in [3.8, 4) is 6.07 Å². The van der Waals surface area contributed by atoms with Gasteiger partial charge >= 0.3 is 6.18 Å². The van der Waals surface area contributed by atoms with Crippen LogP contribution in [0, 0.1) is 17.2 Å². The van der Waals surface area contributed by atoms with Crippen molar-refractivity contribution in [3.63, 3.8) is 0 Å². The summed E-state index contributed by atoms with van der Waals surface area (Å²) >= 11 is 1.04. The molecular formula is C22H28F3N7O4S. The maximum absolute atomic E-state index is 12.9. The van der Waals surface area contributed by atoms with Crippen LogP contribution in [0.5, 0.6) is 0 Å². The Morgan fingerprint density at radius 1 is 1.30 bits per heavy atom. The van der Waals surface area contributed by atoms with E-state index in [9.17, 15) is 32.8 Å². The number of rotatable bonds is 10. The molecule has 2 fully saturated rings. The number of nitrogens with one attached hydrogen (secondary N) is 3. The molecule has 3 amide bonds. The van der Waals surface area contributed by atoms with Crippen LogP contribution in [0.3, 0.4) is 0 Å². The smallest absolute Gasteiger partial charge is 0.379 e. The Morgan fingerprint density at radius 3 is 2.65 bits per heavy atom. The number of nitrogens with zero attached hydrogens (tertiary/aromatic N) is 4. The average Bonchev–Trinajstić information content (AvgIpc) is 3.17. The number of morpholine rings is 1. The molecule has 2 aliphatic rings. The Balaban J connectivity index is 1.57. The Morgan fingerprint density at radius 2 is 2.00 bits per heavy atom. The second kappa shape index (κ2) is 12.9. The normalized spacial score (nSPS) is 21.3. The van der Waals surface area contributed by atoms with Gasteiger partial charge in [-0.2, -0.15) is 18.4 Å². The summed E-state index contributed by atoms with van der Waals surface area (Å²) in [6.07, 6.45) is -4.62. The largest absolute Gasteiger partial charge is 0.405 e. The summed E-state index contributed by atoms with van der Waals surface area (Å²) in [5.41, 5.74) is 0. The first-order valence-electron chi connectivity index (χ1n) is 11.6. The standard InChI is InChI=1S/C22H28F3N7O4S/c1-2-32-20(35)15(37-21(32)14(10-26)19(34)28-13-22(23,24)25)11-27-16-4-3-5-17(29-16)30-18(33)12-31-6-8-36-9-7-31/h3-5,14-15,21H,2,6-9,11-13H2,1H3,(H,28,34)(H2,27,29,30,33)/t14-,15-,21?/m1/s1. The lowest BCUT2D eigenvalue weighted by Gasteiger charge is -2.25. The van der Waals surface area contributed by atoms with Gasteiger partial charge in [0, 0.05) is 26.2 Å². The summed E-state index contributed by atoms with van der Waals surface area (Å²) in [7, 11) is 0. The average molecular weight is 544 g/mol. The maximum atomic E-state index is 12.9. The number of anilines is 2. The lowest BCUT2D eigenvalue weighted by Crippen LogP contribution is -2.45. The van der Waals surface area contributed by atoms with Crippen LogP contribution in [-0.2, 0) is 19.1 Å². The molecule has 3 N–H and O–H groups in total. The maximum Gasteiger partial charge on any atom is 0.405 e. The van der Waals surface area contributed by atoms with E-state index in [4.69, 9.17) is 4.74 Å². The SMILES string of the molecule is CCN1C(=O)[C@@H](CNc2cccc(NC(=O)CN3CCOCC3)n2)SC1[C@H](C#N)C(=O)NCC(F)(F)F. The summed E-state index contributed by atoms with van der Waals surface area (Å²) in [6.45, 7) is 3.08. The molecule has 37 heavy (non-hydrogen) atoms. The lowest BCUT2D eigenvalue weighted by atomic mass is 10.1. The Kier molecular flexibility index (Phi) is 9.95. The van der Waals surface area contributed by atoms with E-state index in [1.54, 1.807) is 36.5 Å². The van der Waals surface area contributed by atoms with Crippen LogP contribution in [0.4, 0.5) is 24.8 Å². The predicted molar refractivity (Wildman–Crippen MR) is 129 cm³/mol. The Hall–Kier alpha value is -3.09. The molecule has 1 aromatic rings. The fourth-order valence-electron chi connectivity index (χ4n) is 3.83. The molecule has 1 unspecified atom stereocenters. The fraction of sp³-hybridized carbons (Fsp3) is 0.591. The third-order valence-electron chi connectivity index (χ3n) is 5.64. The summed E-state index contributed by atoms with van der Waals surface area (Å²) in [5.74, 6) is -2.40. The van der Waals surface area contributed by atoms with Crippen molar-refractivity contribution >= 4 is 41.1 Å². The molecule has 2 aliphatic heterocycles. The number of aromatic nitrogens is 1. The second-order valence-corrected chi connectivity index (χ2v) is 9.63. The third-order valence-corrected chi connectivity index (χ3v) is 7.14. The van der Waals surface area contributed by atoms with E-state index < -0.39 is 35.2 Å². The zero-order valence-corrected chi connectivity index (χ0v) is 20.9. The fourth-order valence-corrected chi connectivity index (χ4v) is 5.34. The quantitative estimate of drug-likeness (QED) is 0.392. The van der Waals surface area contributed by atoms with Crippen LogP contribution in [-0.4, -0.2) is 102 Å². The molecule has 0 bridgehead atoms. The summed E-state index contributed by atoms with van der Waals surface area (Å²) in [6, 6.07) is 6.70. The first kappa shape index (κ1) is 28.5. The lowest BCUT2D eigenvalue weighted by molar-refractivity contribution is -0.141. The van der Waals surface area contributed by atoms with Crippen LogP contribution in [0.2, 0.25) is 0 Å². The van der Waals surface area contributed by atoms with Crippen molar-refractivity contribution in [1.29, 1.82) is 5.26 Å². The summed E-state index contributed by atoms with van der Waals surface area (Å²) in [4.78, 5) is 45.1. The van der Waals surface area contributed by atoms with E-state index in [2.05, 4.69) is 15.6 Å². The van der Waals surface area contributed by atoms with E-state index in [1.807, 2.05) is 4.90 Å². The highest BCUT2D eigenvalue weighted by molar-refractivity contribution is 8.01. The van der Waals surface area contributed by atoms with E-state index in [0.717, 1.165) is 11.8 Å². The number of carbonyl (C=O) groups excluding carboxylic acids is 3. The van der Waals surface area contributed by atoms with Gasteiger partial charge in [-0.1, -0.05) is 6.07 Å². The van der Waals surface area contributed by atoms with Crippen LogP contribution >= 0.6 is 11.8 Å². The van der Waals surface area contributed by atoms with E-state index in [-0.39, 0.29) is 31.4 Å². The number of ether oxygens (including phenoxy) is 1. The van der Waals surface area contributed by atoms with E-state index in [0.29, 0.717) is 37.9 Å². The molecule has 1 aromatic heterocycles. The molecule has 11 nitrogen and oxygen atoms in total. The number of amides is 3. The van der Waals surface area contributed by atoms with Gasteiger partial charge in [-0.15, -0.1) is 11.8 Å². The van der Waals surface area contributed by atoms with Crippen molar-refractivity contribution in [3.05, 3.63) is 18.2 Å². The molecule has 0 spiro atoms. The second-order valence-electron chi connectivity index (χ2n) is 8.30. The van der Waals surface area contributed by atoms with Crippen LogP contribution in [0.25, 0.3) is 0 Å². The highest BCUT2D eigenvalue weighted by Gasteiger charge is 2.46. The first-order chi connectivity index (χ1) is 17.6. The van der Waals surface area contributed by atoms with Gasteiger partial charge in [0.2, 0.25) is 17.7 Å². The molecule has 0 aromatic carbocycles. The predicted octanol–water partition coefficient (Wildman–Crippen LogP) is 0.872. The van der Waals surface area contributed by atoms with Gasteiger partial charge in [0.25, 0.3) is 0 Å². The Labute approximate surface area is 216 Å². The van der Waals surface area contributed by atoms with Crippen molar-refractivity contribution in [2.75, 3.05) is 63.1 Å². The number of hydrogen-bond donors (Lipinski definition) is 3. The molecule has 3 rings (SSSR count). The number of alkyl halides is 3. The molecule has 202 valence electrons.